The maximum atomic E-state index is 12.8. The molecule has 3 heterocycles. The number of anilines is 1. The fraction of sp³-hybridized carbons (Fsp3) is 0.471. The fourth-order valence-electron chi connectivity index (χ4n) is 3.14. The lowest BCUT2D eigenvalue weighted by Gasteiger charge is -2.30. The molecule has 1 N–H and O–H groups in total. The van der Waals surface area contributed by atoms with E-state index in [1.807, 2.05) is 6.92 Å². The highest BCUT2D eigenvalue weighted by molar-refractivity contribution is 9.11. The van der Waals surface area contributed by atoms with Crippen molar-refractivity contribution in [1.82, 2.24) is 14.1 Å². The summed E-state index contributed by atoms with van der Waals surface area (Å²) in [5.41, 5.74) is 0.740. The molecule has 28 heavy (non-hydrogen) atoms. The summed E-state index contributed by atoms with van der Waals surface area (Å²) in [6.07, 6.45) is 1.53. The molecule has 1 atom stereocenters. The van der Waals surface area contributed by atoms with Crippen LogP contribution in [-0.4, -0.2) is 41.5 Å². The second-order valence-electron chi connectivity index (χ2n) is 6.55. The van der Waals surface area contributed by atoms with E-state index in [4.69, 9.17) is 5.26 Å². The van der Waals surface area contributed by atoms with Crippen molar-refractivity contribution in [2.75, 3.05) is 18.4 Å². The monoisotopic (exact) mass is 485 g/mol. The molecule has 0 spiro atoms. The predicted octanol–water partition coefficient (Wildman–Crippen LogP) is 2.97. The lowest BCUT2D eigenvalue weighted by Crippen LogP contribution is -2.43. The first-order valence-corrected chi connectivity index (χ1v) is 11.8. The predicted molar refractivity (Wildman–Crippen MR) is 109 cm³/mol. The van der Waals surface area contributed by atoms with Crippen molar-refractivity contribution in [1.29, 1.82) is 5.26 Å². The van der Waals surface area contributed by atoms with Crippen LogP contribution in [0.15, 0.2) is 26.2 Å². The quantitative estimate of drug-likeness (QED) is 0.676. The van der Waals surface area contributed by atoms with Gasteiger partial charge >= 0.3 is 0 Å². The number of rotatable bonds is 6. The first kappa shape index (κ1) is 21.0. The van der Waals surface area contributed by atoms with E-state index in [1.54, 1.807) is 22.9 Å². The first-order valence-electron chi connectivity index (χ1n) is 8.79. The van der Waals surface area contributed by atoms with Gasteiger partial charge in [0.2, 0.25) is 5.91 Å². The Kier molecular flexibility index (Phi) is 6.54. The fourth-order valence-corrected chi connectivity index (χ4v) is 6.83. The van der Waals surface area contributed by atoms with Gasteiger partial charge < -0.3 is 5.32 Å². The van der Waals surface area contributed by atoms with E-state index in [0.29, 0.717) is 31.7 Å². The minimum Gasteiger partial charge on any atom is -0.311 e. The number of amides is 1. The van der Waals surface area contributed by atoms with Gasteiger partial charge in [0.05, 0.1) is 34.4 Å². The van der Waals surface area contributed by atoms with Crippen molar-refractivity contribution < 1.29 is 13.2 Å². The van der Waals surface area contributed by atoms with Gasteiger partial charge in [0, 0.05) is 19.2 Å². The second-order valence-corrected chi connectivity index (χ2v) is 11.2. The summed E-state index contributed by atoms with van der Waals surface area (Å²) in [4.78, 5) is 12.8. The number of carbonyl (C=O) groups excluding carboxylic acids is 1. The minimum atomic E-state index is -3.61. The zero-order valence-electron chi connectivity index (χ0n) is 15.3. The largest absolute Gasteiger partial charge is 0.311 e. The summed E-state index contributed by atoms with van der Waals surface area (Å²) in [5.74, 6) is -0.142. The molecule has 150 valence electrons. The molecule has 0 bridgehead atoms. The molecule has 1 fully saturated rings. The van der Waals surface area contributed by atoms with E-state index in [9.17, 15) is 13.2 Å². The second kappa shape index (κ2) is 8.73. The van der Waals surface area contributed by atoms with Crippen molar-refractivity contribution in [2.24, 2.45) is 5.92 Å². The Labute approximate surface area is 176 Å². The summed E-state index contributed by atoms with van der Waals surface area (Å²) >= 11 is 4.45. The van der Waals surface area contributed by atoms with Crippen LogP contribution in [0.5, 0.6) is 0 Å². The van der Waals surface area contributed by atoms with Crippen LogP contribution in [0.2, 0.25) is 0 Å². The summed E-state index contributed by atoms with van der Waals surface area (Å²) in [5, 5.41) is 15.9. The van der Waals surface area contributed by atoms with Crippen LogP contribution in [0, 0.1) is 24.2 Å². The molecule has 1 unspecified atom stereocenters. The number of carbonyl (C=O) groups is 1. The maximum absolute atomic E-state index is 12.8. The lowest BCUT2D eigenvalue weighted by atomic mass is 9.99. The van der Waals surface area contributed by atoms with E-state index in [-0.39, 0.29) is 23.1 Å². The first-order chi connectivity index (χ1) is 13.3. The van der Waals surface area contributed by atoms with E-state index >= 15 is 0 Å². The summed E-state index contributed by atoms with van der Waals surface area (Å²) in [6.45, 7) is 2.75. The molecule has 3 rings (SSSR count). The Hall–Kier alpha value is -1.74. The molecule has 8 nitrogen and oxygen atoms in total. The Bertz CT molecular complexity index is 1010. The number of piperidine rings is 1. The van der Waals surface area contributed by atoms with Gasteiger partial charge in [0.15, 0.2) is 0 Å². The van der Waals surface area contributed by atoms with E-state index in [1.165, 1.54) is 4.31 Å². The molecular weight excluding hydrogens is 466 g/mol. The molecule has 1 saturated heterocycles. The number of hydrogen-bond acceptors (Lipinski definition) is 6. The highest BCUT2D eigenvalue weighted by Crippen LogP contribution is 2.31. The van der Waals surface area contributed by atoms with Crippen LogP contribution in [0.25, 0.3) is 0 Å². The summed E-state index contributed by atoms with van der Waals surface area (Å²) < 4.78 is 29.7. The van der Waals surface area contributed by atoms with Crippen LogP contribution in [0.3, 0.4) is 0 Å². The highest BCUT2D eigenvalue weighted by atomic mass is 79.9. The molecular formula is C17H20BrN5O3S2. The SMILES string of the molecule is Cc1cc(NC(=O)C2CCCN(S(=O)(=O)c3ccc(Br)s3)C2)n(CCC#N)n1. The van der Waals surface area contributed by atoms with Crippen LogP contribution >= 0.6 is 27.3 Å². The highest BCUT2D eigenvalue weighted by Gasteiger charge is 2.34. The third kappa shape index (κ3) is 4.63. The van der Waals surface area contributed by atoms with Crippen LogP contribution in [0.1, 0.15) is 25.0 Å². The molecule has 1 amide bonds. The minimum absolute atomic E-state index is 0.148. The third-order valence-corrected chi connectivity index (χ3v) is 8.44. The standard InChI is InChI=1S/C17H20BrN5O3S2/c1-12-10-15(23(21-12)9-3-7-19)20-17(24)13-4-2-8-22(11-13)28(25,26)16-6-5-14(18)27-16/h5-6,10,13H,2-4,8-9,11H2,1H3,(H,20,24). The number of thiophene rings is 1. The van der Waals surface area contributed by atoms with E-state index in [2.05, 4.69) is 32.4 Å². The van der Waals surface area contributed by atoms with Gasteiger partial charge in [0.1, 0.15) is 10.0 Å². The average Bonchev–Trinajstić information content (AvgIpc) is 3.26. The summed E-state index contributed by atoms with van der Waals surface area (Å²) in [7, 11) is -3.61. The van der Waals surface area contributed by atoms with Gasteiger partial charge in [-0.3, -0.25) is 4.79 Å². The number of aromatic nitrogens is 2. The van der Waals surface area contributed by atoms with Crippen molar-refractivity contribution in [2.45, 2.75) is 36.9 Å². The molecule has 0 aliphatic carbocycles. The van der Waals surface area contributed by atoms with Gasteiger partial charge in [-0.05, 0) is 47.8 Å². The zero-order valence-corrected chi connectivity index (χ0v) is 18.5. The van der Waals surface area contributed by atoms with Crippen LogP contribution in [-0.2, 0) is 21.4 Å². The Morgan fingerprint density at radius 2 is 2.29 bits per heavy atom. The summed E-state index contributed by atoms with van der Waals surface area (Å²) in [6, 6.07) is 7.08. The number of aryl methyl sites for hydroxylation is 2. The van der Waals surface area contributed by atoms with Crippen molar-refractivity contribution >= 4 is 49.0 Å². The van der Waals surface area contributed by atoms with Gasteiger partial charge in [0.25, 0.3) is 10.0 Å². The van der Waals surface area contributed by atoms with E-state index < -0.39 is 15.9 Å². The van der Waals surface area contributed by atoms with Crippen LogP contribution in [0.4, 0.5) is 5.82 Å². The Balaban J connectivity index is 1.71. The smallest absolute Gasteiger partial charge is 0.252 e. The van der Waals surface area contributed by atoms with Gasteiger partial charge in [-0.2, -0.15) is 14.7 Å². The number of halogens is 1. The number of sulfonamides is 1. The third-order valence-electron chi connectivity index (χ3n) is 4.49. The molecule has 0 saturated carbocycles. The average molecular weight is 486 g/mol. The number of nitrogens with one attached hydrogen (secondary N) is 1. The van der Waals surface area contributed by atoms with Crippen molar-refractivity contribution in [3.05, 3.63) is 27.7 Å². The maximum Gasteiger partial charge on any atom is 0.252 e. The molecule has 0 radical (unpaired) electrons. The lowest BCUT2D eigenvalue weighted by molar-refractivity contribution is -0.120. The van der Waals surface area contributed by atoms with Gasteiger partial charge in [-0.25, -0.2) is 13.1 Å². The van der Waals surface area contributed by atoms with Crippen molar-refractivity contribution in [3.8, 4) is 6.07 Å². The molecule has 11 heteroatoms. The van der Waals surface area contributed by atoms with E-state index in [0.717, 1.165) is 20.8 Å². The zero-order chi connectivity index (χ0) is 20.3. The molecule has 2 aromatic rings. The normalized spacial score (nSPS) is 18.0. The Morgan fingerprint density at radius 1 is 1.50 bits per heavy atom. The number of nitriles is 1. The van der Waals surface area contributed by atoms with Crippen molar-refractivity contribution in [3.63, 3.8) is 0 Å². The number of hydrogen-bond donors (Lipinski definition) is 1. The molecule has 0 aromatic carbocycles. The molecule has 1 aliphatic heterocycles. The van der Waals surface area contributed by atoms with Gasteiger partial charge in [-0.15, -0.1) is 11.3 Å². The molecule has 2 aromatic heterocycles. The number of nitrogens with zero attached hydrogens (tertiary/aromatic N) is 4. The van der Waals surface area contributed by atoms with Crippen LogP contribution < -0.4 is 5.32 Å². The van der Waals surface area contributed by atoms with Gasteiger partial charge in [-0.1, -0.05) is 0 Å². The topological polar surface area (TPSA) is 108 Å². The Morgan fingerprint density at radius 3 is 2.96 bits per heavy atom. The molecule has 1 aliphatic rings.